The largest absolute Gasteiger partial charge is 0.479 e. The van der Waals surface area contributed by atoms with Crippen LogP contribution in [0, 0.1) is 0 Å². The first-order chi connectivity index (χ1) is 4.95. The van der Waals surface area contributed by atoms with Gasteiger partial charge in [-0.15, -0.1) is 0 Å². The third-order valence-corrected chi connectivity index (χ3v) is 1.45. The minimum absolute atomic E-state index is 0.443. The molecule has 66 valence electrons. The molecule has 0 bridgehead atoms. The first-order valence-electron chi connectivity index (χ1n) is 3.51. The maximum Gasteiger partial charge on any atom is 0.332 e. The minimum Gasteiger partial charge on any atom is -0.479 e. The van der Waals surface area contributed by atoms with Crippen LogP contribution in [0.3, 0.4) is 0 Å². The van der Waals surface area contributed by atoms with Gasteiger partial charge < -0.3 is 14.9 Å². The van der Waals surface area contributed by atoms with Gasteiger partial charge in [-0.25, -0.2) is 4.79 Å². The van der Waals surface area contributed by atoms with Crippen LogP contribution in [0.2, 0.25) is 0 Å². The molecule has 0 aliphatic rings. The summed E-state index contributed by atoms with van der Waals surface area (Å²) in [6.07, 6.45) is -1.95. The highest BCUT2D eigenvalue weighted by atomic mass is 16.5. The fourth-order valence-electron chi connectivity index (χ4n) is 0.494. The predicted octanol–water partition coefficient (Wildman–Crippen LogP) is 0.245. The summed E-state index contributed by atoms with van der Waals surface area (Å²) in [6.45, 7) is 4.62. The average Bonchev–Trinajstić information content (AvgIpc) is 1.87. The highest BCUT2D eigenvalue weighted by molar-refractivity contribution is 5.71. The summed E-state index contributed by atoms with van der Waals surface area (Å²) in [5.41, 5.74) is 0. The van der Waals surface area contributed by atoms with E-state index < -0.39 is 24.3 Å². The molecule has 0 aliphatic heterocycles. The van der Waals surface area contributed by atoms with Crippen LogP contribution in [0.5, 0.6) is 0 Å². The summed E-state index contributed by atoms with van der Waals surface area (Å²) in [4.78, 5) is 10.3. The predicted molar refractivity (Wildman–Crippen MR) is 39.3 cm³/mol. The molecule has 0 rings (SSSR count). The number of carbonyl (C=O) groups is 1. The van der Waals surface area contributed by atoms with Crippen molar-refractivity contribution in [2.24, 2.45) is 0 Å². The van der Waals surface area contributed by atoms with Crippen molar-refractivity contribution in [3.8, 4) is 0 Å². The average molecular weight is 162 g/mol. The van der Waals surface area contributed by atoms with Gasteiger partial charge in [-0.1, -0.05) is 0 Å². The second-order valence-corrected chi connectivity index (χ2v) is 2.56. The lowest BCUT2D eigenvalue weighted by Crippen LogP contribution is -2.31. The summed E-state index contributed by atoms with van der Waals surface area (Å²) < 4.78 is 4.92. The third-order valence-electron chi connectivity index (χ3n) is 1.45. The van der Waals surface area contributed by atoms with Gasteiger partial charge in [0.15, 0.2) is 6.10 Å². The zero-order chi connectivity index (χ0) is 9.02. The lowest BCUT2D eigenvalue weighted by Gasteiger charge is -2.18. The number of ether oxygens (including phenoxy) is 1. The fourth-order valence-corrected chi connectivity index (χ4v) is 0.494. The molecule has 0 heterocycles. The Bertz CT molecular complexity index is 132. The SMILES string of the molecule is CC(O)C(C)O[C@@H](C)C(=O)O. The smallest absolute Gasteiger partial charge is 0.332 e. The second kappa shape index (κ2) is 4.31. The molecule has 0 aliphatic carbocycles. The van der Waals surface area contributed by atoms with Crippen LogP contribution < -0.4 is 0 Å². The van der Waals surface area contributed by atoms with Crippen molar-refractivity contribution in [2.45, 2.75) is 39.1 Å². The molecule has 4 heteroatoms. The van der Waals surface area contributed by atoms with Crippen molar-refractivity contribution in [2.75, 3.05) is 0 Å². The zero-order valence-corrected chi connectivity index (χ0v) is 6.94. The van der Waals surface area contributed by atoms with Gasteiger partial charge in [0.25, 0.3) is 0 Å². The van der Waals surface area contributed by atoms with Gasteiger partial charge in [0.1, 0.15) is 0 Å². The van der Waals surface area contributed by atoms with Crippen molar-refractivity contribution >= 4 is 5.97 Å². The molecular weight excluding hydrogens is 148 g/mol. The molecule has 0 saturated heterocycles. The third kappa shape index (κ3) is 3.95. The maximum absolute atomic E-state index is 10.3. The molecule has 2 N–H and O–H groups in total. The topological polar surface area (TPSA) is 66.8 Å². The van der Waals surface area contributed by atoms with Crippen molar-refractivity contribution in [1.29, 1.82) is 0 Å². The lowest BCUT2D eigenvalue weighted by atomic mass is 10.2. The molecule has 4 nitrogen and oxygen atoms in total. The summed E-state index contributed by atoms with van der Waals surface area (Å²) in [7, 11) is 0. The highest BCUT2D eigenvalue weighted by Gasteiger charge is 2.17. The van der Waals surface area contributed by atoms with E-state index in [0.717, 1.165) is 0 Å². The number of carboxylic acids is 1. The van der Waals surface area contributed by atoms with E-state index in [1.807, 2.05) is 0 Å². The van der Waals surface area contributed by atoms with Gasteiger partial charge >= 0.3 is 5.97 Å². The molecule has 0 aromatic rings. The van der Waals surface area contributed by atoms with Crippen molar-refractivity contribution in [1.82, 2.24) is 0 Å². The molecular formula is C7H14O4. The van der Waals surface area contributed by atoms with E-state index in [9.17, 15) is 4.79 Å². The second-order valence-electron chi connectivity index (χ2n) is 2.56. The minimum atomic E-state index is -1.02. The molecule has 0 spiro atoms. The number of hydrogen-bond acceptors (Lipinski definition) is 3. The van der Waals surface area contributed by atoms with E-state index in [1.54, 1.807) is 13.8 Å². The van der Waals surface area contributed by atoms with Crippen LogP contribution in [0.1, 0.15) is 20.8 Å². The first-order valence-corrected chi connectivity index (χ1v) is 3.51. The fraction of sp³-hybridized carbons (Fsp3) is 0.857. The normalized spacial score (nSPS) is 18.9. The summed E-state index contributed by atoms with van der Waals surface area (Å²) in [5, 5.41) is 17.3. The van der Waals surface area contributed by atoms with E-state index in [2.05, 4.69) is 0 Å². The Labute approximate surface area is 65.8 Å². The van der Waals surface area contributed by atoms with E-state index in [1.165, 1.54) is 6.92 Å². The van der Waals surface area contributed by atoms with E-state index in [4.69, 9.17) is 14.9 Å². The Morgan fingerprint density at radius 2 is 1.82 bits per heavy atom. The number of aliphatic carboxylic acids is 1. The van der Waals surface area contributed by atoms with Crippen LogP contribution in [0.15, 0.2) is 0 Å². The molecule has 11 heavy (non-hydrogen) atoms. The summed E-state index contributed by atoms with van der Waals surface area (Å²) in [5.74, 6) is -1.02. The molecule has 0 saturated carbocycles. The number of hydrogen-bond donors (Lipinski definition) is 2. The van der Waals surface area contributed by atoms with E-state index >= 15 is 0 Å². The maximum atomic E-state index is 10.3. The highest BCUT2D eigenvalue weighted by Crippen LogP contribution is 2.02. The molecule has 0 aromatic heterocycles. The summed E-state index contributed by atoms with van der Waals surface area (Å²) in [6, 6.07) is 0. The Balaban J connectivity index is 3.75. The Kier molecular flexibility index (Phi) is 4.07. The first kappa shape index (κ1) is 10.4. The number of rotatable bonds is 4. The molecule has 3 atom stereocenters. The van der Waals surface area contributed by atoms with Gasteiger partial charge in [-0.2, -0.15) is 0 Å². The number of aliphatic hydroxyl groups is 1. The Morgan fingerprint density at radius 1 is 1.36 bits per heavy atom. The molecule has 0 fully saturated rings. The standard InChI is InChI=1S/C7H14O4/c1-4(8)5(2)11-6(3)7(9)10/h4-6,8H,1-3H3,(H,9,10)/t4?,5?,6-/m0/s1. The van der Waals surface area contributed by atoms with Crippen molar-refractivity contribution in [3.05, 3.63) is 0 Å². The van der Waals surface area contributed by atoms with E-state index in [0.29, 0.717) is 0 Å². The van der Waals surface area contributed by atoms with Gasteiger partial charge in [0.2, 0.25) is 0 Å². The van der Waals surface area contributed by atoms with Crippen LogP contribution in [0.25, 0.3) is 0 Å². The van der Waals surface area contributed by atoms with Gasteiger partial charge in [-0.05, 0) is 20.8 Å². The lowest BCUT2D eigenvalue weighted by molar-refractivity contribution is -0.155. The summed E-state index contributed by atoms with van der Waals surface area (Å²) >= 11 is 0. The van der Waals surface area contributed by atoms with Crippen LogP contribution >= 0.6 is 0 Å². The Morgan fingerprint density at radius 3 is 2.09 bits per heavy atom. The van der Waals surface area contributed by atoms with Crippen LogP contribution in [-0.4, -0.2) is 34.5 Å². The molecule has 0 radical (unpaired) electrons. The van der Waals surface area contributed by atoms with Crippen molar-refractivity contribution in [3.63, 3.8) is 0 Å². The quantitative estimate of drug-likeness (QED) is 0.621. The molecule has 2 unspecified atom stereocenters. The van der Waals surface area contributed by atoms with Crippen molar-refractivity contribution < 1.29 is 19.7 Å². The van der Waals surface area contributed by atoms with Crippen LogP contribution in [-0.2, 0) is 9.53 Å². The monoisotopic (exact) mass is 162 g/mol. The van der Waals surface area contributed by atoms with Gasteiger partial charge in [0.05, 0.1) is 12.2 Å². The van der Waals surface area contributed by atoms with Gasteiger partial charge in [-0.3, -0.25) is 0 Å². The molecule has 0 aromatic carbocycles. The number of carboxylic acid groups (broad SMARTS) is 1. The van der Waals surface area contributed by atoms with Crippen LogP contribution in [0.4, 0.5) is 0 Å². The Hall–Kier alpha value is -0.610. The zero-order valence-electron chi connectivity index (χ0n) is 6.94. The van der Waals surface area contributed by atoms with Gasteiger partial charge in [0, 0.05) is 0 Å². The molecule has 0 amide bonds. The van der Waals surface area contributed by atoms with E-state index in [-0.39, 0.29) is 0 Å². The number of aliphatic hydroxyl groups excluding tert-OH is 1.